The zero-order chi connectivity index (χ0) is 13.7. The van der Waals surface area contributed by atoms with Crippen molar-refractivity contribution in [2.75, 3.05) is 20.1 Å². The van der Waals surface area contributed by atoms with Crippen LogP contribution in [0.4, 0.5) is 0 Å². The maximum Gasteiger partial charge on any atom is 0.221 e. The summed E-state index contributed by atoms with van der Waals surface area (Å²) in [4.78, 5) is 14.1. The first-order valence-electron chi connectivity index (χ1n) is 7.92. The monoisotopic (exact) mass is 267 g/mol. The van der Waals surface area contributed by atoms with E-state index in [1.54, 1.807) is 0 Å². The molecule has 4 heteroatoms. The fourth-order valence-corrected chi connectivity index (χ4v) is 3.00. The highest BCUT2D eigenvalue weighted by molar-refractivity contribution is 5.76. The molecule has 0 unspecified atom stereocenters. The molecule has 2 rings (SSSR count). The average Bonchev–Trinajstić information content (AvgIpc) is 3.21. The molecule has 0 saturated heterocycles. The van der Waals surface area contributed by atoms with Crippen molar-refractivity contribution in [2.24, 2.45) is 0 Å². The molecule has 4 nitrogen and oxygen atoms in total. The first-order valence-corrected chi connectivity index (χ1v) is 7.92. The van der Waals surface area contributed by atoms with Gasteiger partial charge in [-0.2, -0.15) is 0 Å². The van der Waals surface area contributed by atoms with Crippen LogP contribution >= 0.6 is 0 Å². The highest BCUT2D eigenvalue weighted by atomic mass is 16.1. The minimum Gasteiger partial charge on any atom is -0.353 e. The van der Waals surface area contributed by atoms with Crippen LogP contribution in [0.1, 0.15) is 51.9 Å². The summed E-state index contributed by atoms with van der Waals surface area (Å²) in [6.07, 6.45) is 8.08. The molecule has 110 valence electrons. The van der Waals surface area contributed by atoms with Crippen LogP contribution in [0.3, 0.4) is 0 Å². The third kappa shape index (κ3) is 5.11. The number of rotatable bonds is 7. The van der Waals surface area contributed by atoms with E-state index in [1.807, 2.05) is 0 Å². The zero-order valence-corrected chi connectivity index (χ0v) is 12.5. The summed E-state index contributed by atoms with van der Waals surface area (Å²) in [5, 5.41) is 6.60. The highest BCUT2D eigenvalue weighted by Crippen LogP contribution is 2.22. The van der Waals surface area contributed by atoms with Crippen molar-refractivity contribution >= 4 is 5.91 Å². The lowest BCUT2D eigenvalue weighted by molar-refractivity contribution is -0.121. The summed E-state index contributed by atoms with van der Waals surface area (Å²) in [5.74, 6) is 0.232. The summed E-state index contributed by atoms with van der Waals surface area (Å²) >= 11 is 0. The smallest absolute Gasteiger partial charge is 0.221 e. The molecule has 0 atom stereocenters. The second-order valence-corrected chi connectivity index (χ2v) is 6.14. The van der Waals surface area contributed by atoms with Crippen molar-refractivity contribution in [2.45, 2.75) is 70.0 Å². The Hall–Kier alpha value is -0.610. The van der Waals surface area contributed by atoms with Gasteiger partial charge in [-0.3, -0.25) is 4.79 Å². The van der Waals surface area contributed by atoms with Crippen molar-refractivity contribution in [3.8, 4) is 0 Å². The molecule has 0 heterocycles. The standard InChI is InChI=1S/C15H29N3O/c1-3-16-12-6-8-14(9-7-12)18(2)11-10-15(19)17-13-4-5-13/h12-14,16H,3-11H2,1-2H3,(H,17,19). The summed E-state index contributed by atoms with van der Waals surface area (Å²) in [6, 6.07) is 1.88. The quantitative estimate of drug-likeness (QED) is 0.735. The Morgan fingerprint density at radius 3 is 2.32 bits per heavy atom. The van der Waals surface area contributed by atoms with Crippen LogP contribution in [-0.2, 0) is 4.79 Å². The van der Waals surface area contributed by atoms with Gasteiger partial charge >= 0.3 is 0 Å². The fraction of sp³-hybridized carbons (Fsp3) is 0.933. The number of carbonyl (C=O) groups is 1. The zero-order valence-electron chi connectivity index (χ0n) is 12.5. The van der Waals surface area contributed by atoms with Crippen molar-refractivity contribution in [1.82, 2.24) is 15.5 Å². The summed E-state index contributed by atoms with van der Waals surface area (Å²) in [5.41, 5.74) is 0. The molecule has 0 aromatic rings. The van der Waals surface area contributed by atoms with Crippen LogP contribution in [0.25, 0.3) is 0 Å². The van der Waals surface area contributed by atoms with Crippen LogP contribution in [0.5, 0.6) is 0 Å². The maximum absolute atomic E-state index is 11.7. The molecular formula is C15H29N3O. The number of hydrogen-bond donors (Lipinski definition) is 2. The van der Waals surface area contributed by atoms with Gasteiger partial charge in [-0.15, -0.1) is 0 Å². The van der Waals surface area contributed by atoms with Crippen LogP contribution in [0, 0.1) is 0 Å². The molecule has 2 saturated carbocycles. The lowest BCUT2D eigenvalue weighted by atomic mass is 9.90. The van der Waals surface area contributed by atoms with E-state index in [0.717, 1.165) is 13.1 Å². The van der Waals surface area contributed by atoms with Gasteiger partial charge in [-0.25, -0.2) is 0 Å². The van der Waals surface area contributed by atoms with Crippen molar-refractivity contribution in [1.29, 1.82) is 0 Å². The van der Waals surface area contributed by atoms with Gasteiger partial charge in [0.15, 0.2) is 0 Å². The summed E-state index contributed by atoms with van der Waals surface area (Å²) < 4.78 is 0. The minimum absolute atomic E-state index is 0.232. The van der Waals surface area contributed by atoms with Crippen LogP contribution in [0.2, 0.25) is 0 Å². The highest BCUT2D eigenvalue weighted by Gasteiger charge is 2.25. The Morgan fingerprint density at radius 1 is 1.11 bits per heavy atom. The van der Waals surface area contributed by atoms with Gasteiger partial charge in [0.25, 0.3) is 0 Å². The molecule has 0 aromatic carbocycles. The van der Waals surface area contributed by atoms with Crippen molar-refractivity contribution in [3.63, 3.8) is 0 Å². The minimum atomic E-state index is 0.232. The third-order valence-corrected chi connectivity index (χ3v) is 4.45. The molecule has 0 aromatic heterocycles. The second-order valence-electron chi connectivity index (χ2n) is 6.14. The Balaban J connectivity index is 1.60. The van der Waals surface area contributed by atoms with Gasteiger partial charge in [-0.05, 0) is 52.1 Å². The van der Waals surface area contributed by atoms with E-state index < -0.39 is 0 Å². The molecule has 0 spiro atoms. The van der Waals surface area contributed by atoms with Crippen LogP contribution in [0.15, 0.2) is 0 Å². The van der Waals surface area contributed by atoms with Gasteiger partial charge in [0.05, 0.1) is 0 Å². The topological polar surface area (TPSA) is 44.4 Å². The summed E-state index contributed by atoms with van der Waals surface area (Å²) in [7, 11) is 2.17. The van der Waals surface area contributed by atoms with E-state index in [9.17, 15) is 4.79 Å². The van der Waals surface area contributed by atoms with Gasteiger partial charge in [0.1, 0.15) is 0 Å². The predicted molar refractivity (Wildman–Crippen MR) is 78.1 cm³/mol. The molecule has 2 aliphatic rings. The molecular weight excluding hydrogens is 238 g/mol. The van der Waals surface area contributed by atoms with E-state index in [4.69, 9.17) is 0 Å². The number of nitrogens with zero attached hydrogens (tertiary/aromatic N) is 1. The number of amides is 1. The van der Waals surface area contributed by atoms with E-state index in [0.29, 0.717) is 24.5 Å². The molecule has 2 fully saturated rings. The third-order valence-electron chi connectivity index (χ3n) is 4.45. The van der Waals surface area contributed by atoms with Gasteiger partial charge < -0.3 is 15.5 Å². The fourth-order valence-electron chi connectivity index (χ4n) is 3.00. The molecule has 1 amide bonds. The van der Waals surface area contributed by atoms with Gasteiger partial charge in [0.2, 0.25) is 5.91 Å². The molecule has 0 aliphatic heterocycles. The normalized spacial score (nSPS) is 27.5. The number of carbonyl (C=O) groups excluding carboxylic acids is 1. The Bertz CT molecular complexity index is 283. The molecule has 19 heavy (non-hydrogen) atoms. The van der Waals surface area contributed by atoms with Crippen LogP contribution < -0.4 is 10.6 Å². The second kappa shape index (κ2) is 7.25. The SMILES string of the molecule is CCNC1CCC(N(C)CCC(=O)NC2CC2)CC1. The van der Waals surface area contributed by atoms with Crippen molar-refractivity contribution in [3.05, 3.63) is 0 Å². The van der Waals surface area contributed by atoms with E-state index in [1.165, 1.54) is 38.5 Å². The Labute approximate surface area is 117 Å². The number of nitrogens with one attached hydrogen (secondary N) is 2. The van der Waals surface area contributed by atoms with E-state index in [-0.39, 0.29) is 5.91 Å². The van der Waals surface area contributed by atoms with E-state index >= 15 is 0 Å². The largest absolute Gasteiger partial charge is 0.353 e. The Morgan fingerprint density at radius 2 is 1.74 bits per heavy atom. The van der Waals surface area contributed by atoms with Gasteiger partial charge in [0, 0.05) is 31.1 Å². The van der Waals surface area contributed by atoms with Gasteiger partial charge in [-0.1, -0.05) is 6.92 Å². The van der Waals surface area contributed by atoms with Crippen molar-refractivity contribution < 1.29 is 4.79 Å². The molecule has 2 aliphatic carbocycles. The van der Waals surface area contributed by atoms with E-state index in [2.05, 4.69) is 29.5 Å². The molecule has 0 bridgehead atoms. The average molecular weight is 267 g/mol. The number of hydrogen-bond acceptors (Lipinski definition) is 3. The van der Waals surface area contributed by atoms with Crippen LogP contribution in [-0.4, -0.2) is 49.1 Å². The molecule has 2 N–H and O–H groups in total. The lowest BCUT2D eigenvalue weighted by Crippen LogP contribution is -2.42. The maximum atomic E-state index is 11.7. The Kier molecular flexibility index (Phi) is 5.64. The molecule has 0 radical (unpaired) electrons. The first kappa shape index (κ1) is 14.8. The lowest BCUT2D eigenvalue weighted by Gasteiger charge is -2.34. The predicted octanol–water partition coefficient (Wildman–Crippen LogP) is 1.51. The summed E-state index contributed by atoms with van der Waals surface area (Å²) in [6.45, 7) is 4.15. The first-order chi connectivity index (χ1) is 9.19.